The van der Waals surface area contributed by atoms with E-state index >= 15 is 0 Å². The summed E-state index contributed by atoms with van der Waals surface area (Å²) in [6, 6.07) is 8.16. The highest BCUT2D eigenvalue weighted by molar-refractivity contribution is 9.10. The number of nitrogens with zero attached hydrogens (tertiary/aromatic N) is 2. The van der Waals surface area contributed by atoms with Crippen LogP contribution in [0.4, 0.5) is 0 Å². The Labute approximate surface area is 109 Å². The van der Waals surface area contributed by atoms with E-state index in [0.717, 1.165) is 16.7 Å². The Hall–Kier alpha value is -0.840. The zero-order valence-corrected chi connectivity index (χ0v) is 11.0. The van der Waals surface area contributed by atoms with Crippen molar-refractivity contribution >= 4 is 28.3 Å². The standard InChI is InChI=1S/C11H12BrN3.ClH/c12-11-4-2-1-3-9(11)7-15-8-14-6-10(15)5-13;/h1-4,6,8H,5,7,13H2;1H. The van der Waals surface area contributed by atoms with E-state index in [1.54, 1.807) is 6.20 Å². The SMILES string of the molecule is Cl.NCc1cncn1Cc1ccccc1Br. The molecule has 0 unspecified atom stereocenters. The fourth-order valence-electron chi connectivity index (χ4n) is 1.47. The van der Waals surface area contributed by atoms with Gasteiger partial charge >= 0.3 is 0 Å². The van der Waals surface area contributed by atoms with Crippen LogP contribution >= 0.6 is 28.3 Å². The van der Waals surface area contributed by atoms with Gasteiger partial charge in [0.15, 0.2) is 0 Å². The average molecular weight is 303 g/mol. The Bertz CT molecular complexity index is 456. The fraction of sp³-hybridized carbons (Fsp3) is 0.182. The van der Waals surface area contributed by atoms with Gasteiger partial charge in [0, 0.05) is 23.8 Å². The molecule has 0 saturated carbocycles. The molecule has 0 aliphatic rings. The zero-order chi connectivity index (χ0) is 10.7. The smallest absolute Gasteiger partial charge is 0.0951 e. The lowest BCUT2D eigenvalue weighted by Gasteiger charge is -2.08. The quantitative estimate of drug-likeness (QED) is 0.947. The largest absolute Gasteiger partial charge is 0.329 e. The molecular formula is C11H13BrClN3. The number of hydrogen-bond acceptors (Lipinski definition) is 2. The van der Waals surface area contributed by atoms with Crippen molar-refractivity contribution in [1.29, 1.82) is 0 Å². The summed E-state index contributed by atoms with van der Waals surface area (Å²) in [6.45, 7) is 1.32. The Balaban J connectivity index is 0.00000128. The first-order chi connectivity index (χ1) is 7.31. The summed E-state index contributed by atoms with van der Waals surface area (Å²) in [7, 11) is 0. The number of benzene rings is 1. The summed E-state index contributed by atoms with van der Waals surface area (Å²) in [5.41, 5.74) is 7.89. The number of hydrogen-bond donors (Lipinski definition) is 1. The Morgan fingerprint density at radius 2 is 2.06 bits per heavy atom. The van der Waals surface area contributed by atoms with Crippen LogP contribution in [0.2, 0.25) is 0 Å². The molecule has 0 spiro atoms. The lowest BCUT2D eigenvalue weighted by molar-refractivity contribution is 0.738. The highest BCUT2D eigenvalue weighted by Crippen LogP contribution is 2.17. The van der Waals surface area contributed by atoms with E-state index in [4.69, 9.17) is 5.73 Å². The molecule has 0 saturated heterocycles. The van der Waals surface area contributed by atoms with Crippen molar-refractivity contribution in [3.05, 3.63) is 52.5 Å². The molecule has 0 bridgehead atoms. The van der Waals surface area contributed by atoms with Crippen LogP contribution < -0.4 is 5.73 Å². The van der Waals surface area contributed by atoms with Crippen LogP contribution in [0, 0.1) is 0 Å². The van der Waals surface area contributed by atoms with Crippen molar-refractivity contribution in [2.24, 2.45) is 5.73 Å². The molecule has 86 valence electrons. The number of rotatable bonds is 3. The van der Waals surface area contributed by atoms with Crippen LogP contribution in [0.1, 0.15) is 11.3 Å². The van der Waals surface area contributed by atoms with Crippen molar-refractivity contribution in [1.82, 2.24) is 9.55 Å². The second-order valence-corrected chi connectivity index (χ2v) is 4.16. The second-order valence-electron chi connectivity index (χ2n) is 3.31. The average Bonchev–Trinajstić information content (AvgIpc) is 2.69. The molecule has 16 heavy (non-hydrogen) atoms. The molecule has 0 radical (unpaired) electrons. The van der Waals surface area contributed by atoms with Crippen molar-refractivity contribution in [3.63, 3.8) is 0 Å². The highest BCUT2D eigenvalue weighted by Gasteiger charge is 2.03. The summed E-state index contributed by atoms with van der Waals surface area (Å²) in [6.07, 6.45) is 3.61. The molecule has 2 aromatic rings. The van der Waals surface area contributed by atoms with Crippen molar-refractivity contribution < 1.29 is 0 Å². The zero-order valence-electron chi connectivity index (χ0n) is 8.64. The summed E-state index contributed by atoms with van der Waals surface area (Å²) >= 11 is 3.52. The van der Waals surface area contributed by atoms with E-state index in [1.165, 1.54) is 5.56 Å². The monoisotopic (exact) mass is 301 g/mol. The molecule has 0 aliphatic heterocycles. The van der Waals surface area contributed by atoms with Gasteiger partial charge in [-0.1, -0.05) is 34.1 Å². The normalized spacial score (nSPS) is 9.88. The van der Waals surface area contributed by atoms with E-state index in [9.17, 15) is 0 Å². The minimum absolute atomic E-state index is 0. The van der Waals surface area contributed by atoms with Crippen molar-refractivity contribution in [2.75, 3.05) is 0 Å². The highest BCUT2D eigenvalue weighted by atomic mass is 79.9. The van der Waals surface area contributed by atoms with Gasteiger partial charge in [-0.2, -0.15) is 0 Å². The fourth-order valence-corrected chi connectivity index (χ4v) is 1.88. The molecule has 2 N–H and O–H groups in total. The van der Waals surface area contributed by atoms with E-state index < -0.39 is 0 Å². The minimum Gasteiger partial charge on any atom is -0.329 e. The van der Waals surface area contributed by atoms with Gasteiger partial charge in [-0.25, -0.2) is 4.98 Å². The lowest BCUT2D eigenvalue weighted by Crippen LogP contribution is -2.07. The van der Waals surface area contributed by atoms with Gasteiger partial charge in [0.05, 0.1) is 12.0 Å². The van der Waals surface area contributed by atoms with Crippen molar-refractivity contribution in [3.8, 4) is 0 Å². The minimum atomic E-state index is 0. The first kappa shape index (κ1) is 13.2. The van der Waals surface area contributed by atoms with E-state index in [1.807, 2.05) is 24.5 Å². The lowest BCUT2D eigenvalue weighted by atomic mass is 10.2. The maximum absolute atomic E-state index is 5.61. The topological polar surface area (TPSA) is 43.8 Å². The first-order valence-corrected chi connectivity index (χ1v) is 5.53. The van der Waals surface area contributed by atoms with Gasteiger partial charge in [0.1, 0.15) is 0 Å². The van der Waals surface area contributed by atoms with Crippen molar-refractivity contribution in [2.45, 2.75) is 13.1 Å². The number of imidazole rings is 1. The number of aromatic nitrogens is 2. The molecule has 5 heteroatoms. The van der Waals surface area contributed by atoms with Gasteiger partial charge in [0.25, 0.3) is 0 Å². The van der Waals surface area contributed by atoms with Crippen LogP contribution in [-0.2, 0) is 13.1 Å². The first-order valence-electron chi connectivity index (χ1n) is 4.73. The second kappa shape index (κ2) is 6.03. The molecule has 2 rings (SSSR count). The van der Waals surface area contributed by atoms with E-state index in [2.05, 4.69) is 31.5 Å². The number of halogens is 2. The molecule has 0 atom stereocenters. The molecule has 1 aromatic carbocycles. The Kier molecular flexibility index (Phi) is 4.99. The molecule has 0 aliphatic carbocycles. The summed E-state index contributed by atoms with van der Waals surface area (Å²) in [4.78, 5) is 4.09. The maximum Gasteiger partial charge on any atom is 0.0951 e. The summed E-state index contributed by atoms with van der Waals surface area (Å²) in [5, 5.41) is 0. The predicted octanol–water partition coefficient (Wildman–Crippen LogP) is 2.57. The molecule has 3 nitrogen and oxygen atoms in total. The molecule has 1 aromatic heterocycles. The van der Waals surface area contributed by atoms with Crippen LogP contribution in [-0.4, -0.2) is 9.55 Å². The summed E-state index contributed by atoms with van der Waals surface area (Å²) in [5.74, 6) is 0. The van der Waals surface area contributed by atoms with Gasteiger partial charge in [-0.15, -0.1) is 12.4 Å². The predicted molar refractivity (Wildman–Crippen MR) is 70.6 cm³/mol. The van der Waals surface area contributed by atoms with Crippen LogP contribution in [0.5, 0.6) is 0 Å². The molecule has 0 amide bonds. The number of nitrogens with two attached hydrogens (primary N) is 1. The van der Waals surface area contributed by atoms with Crippen LogP contribution in [0.25, 0.3) is 0 Å². The Morgan fingerprint density at radius 1 is 1.31 bits per heavy atom. The third kappa shape index (κ3) is 2.84. The van der Waals surface area contributed by atoms with E-state index in [0.29, 0.717) is 6.54 Å². The van der Waals surface area contributed by atoms with E-state index in [-0.39, 0.29) is 12.4 Å². The third-order valence-corrected chi connectivity index (χ3v) is 3.08. The van der Waals surface area contributed by atoms with Crippen LogP contribution in [0.3, 0.4) is 0 Å². The third-order valence-electron chi connectivity index (χ3n) is 2.31. The Morgan fingerprint density at radius 3 is 2.75 bits per heavy atom. The summed E-state index contributed by atoms with van der Waals surface area (Å²) < 4.78 is 3.17. The van der Waals surface area contributed by atoms with Crippen LogP contribution in [0.15, 0.2) is 41.3 Å². The van der Waals surface area contributed by atoms with Gasteiger partial charge in [-0.05, 0) is 11.6 Å². The molecule has 1 heterocycles. The molecular weight excluding hydrogens is 289 g/mol. The van der Waals surface area contributed by atoms with Gasteiger partial charge in [0.2, 0.25) is 0 Å². The van der Waals surface area contributed by atoms with Gasteiger partial charge in [-0.3, -0.25) is 0 Å². The molecule has 0 fully saturated rings. The van der Waals surface area contributed by atoms with Gasteiger partial charge < -0.3 is 10.3 Å². The maximum atomic E-state index is 5.61.